The van der Waals surface area contributed by atoms with Crippen LogP contribution in [0.15, 0.2) is 57.9 Å². The molecule has 1 fully saturated rings. The van der Waals surface area contributed by atoms with Gasteiger partial charge >= 0.3 is 6.09 Å². The van der Waals surface area contributed by atoms with Gasteiger partial charge in [0, 0.05) is 10.5 Å². The molecule has 0 radical (unpaired) electrons. The number of carbonyl (C=O) groups is 1. The first-order valence-corrected chi connectivity index (χ1v) is 9.91. The average Bonchev–Trinajstić information content (AvgIpc) is 3.34. The van der Waals surface area contributed by atoms with E-state index in [1.165, 1.54) is 22.7 Å². The molecule has 1 aromatic heterocycles. The molecular formula is C20H18FN3O3S. The van der Waals surface area contributed by atoms with Gasteiger partial charge in [-0.1, -0.05) is 30.3 Å². The summed E-state index contributed by atoms with van der Waals surface area (Å²) in [7, 11) is 0. The van der Waals surface area contributed by atoms with Crippen molar-refractivity contribution in [1.82, 2.24) is 10.1 Å². The van der Waals surface area contributed by atoms with E-state index in [-0.39, 0.29) is 6.10 Å². The fourth-order valence-electron chi connectivity index (χ4n) is 2.87. The van der Waals surface area contributed by atoms with Crippen molar-refractivity contribution in [2.45, 2.75) is 30.1 Å². The number of thioether (sulfide) groups is 1. The second kappa shape index (κ2) is 8.02. The molecule has 1 aliphatic rings. The van der Waals surface area contributed by atoms with Gasteiger partial charge in [-0.15, -0.1) is 11.8 Å². The molecule has 3 aromatic rings. The Balaban J connectivity index is 1.42. The summed E-state index contributed by atoms with van der Waals surface area (Å²) in [6.07, 6.45) is 0.141. The van der Waals surface area contributed by atoms with Crippen molar-refractivity contribution < 1.29 is 18.4 Å². The Labute approximate surface area is 165 Å². The summed E-state index contributed by atoms with van der Waals surface area (Å²) in [4.78, 5) is 18.2. The minimum absolute atomic E-state index is 0.151. The Kier molecular flexibility index (Phi) is 5.29. The molecule has 1 unspecified atom stereocenters. The summed E-state index contributed by atoms with van der Waals surface area (Å²) in [5.41, 5.74) is 1.33. The first-order valence-electron chi connectivity index (χ1n) is 8.92. The number of amides is 1. The van der Waals surface area contributed by atoms with Crippen molar-refractivity contribution in [3.8, 4) is 11.5 Å². The molecule has 1 amide bonds. The molecule has 8 heteroatoms. The largest absolute Gasteiger partial charge is 0.444 e. The third-order valence-corrected chi connectivity index (χ3v) is 5.45. The molecule has 0 aliphatic carbocycles. The Morgan fingerprint density at radius 3 is 2.79 bits per heavy atom. The third-order valence-electron chi connectivity index (χ3n) is 4.40. The molecular weight excluding hydrogens is 381 g/mol. The third kappa shape index (κ3) is 3.87. The van der Waals surface area contributed by atoms with Crippen molar-refractivity contribution in [3.05, 3.63) is 60.2 Å². The summed E-state index contributed by atoms with van der Waals surface area (Å²) in [6.45, 7) is 2.38. The zero-order valence-corrected chi connectivity index (χ0v) is 16.0. The number of ether oxygens (including phenoxy) is 1. The Bertz CT molecular complexity index is 980. The average molecular weight is 399 g/mol. The lowest BCUT2D eigenvalue weighted by atomic mass is 10.2. The monoisotopic (exact) mass is 399 g/mol. The number of aromatic nitrogens is 2. The van der Waals surface area contributed by atoms with Gasteiger partial charge in [-0.25, -0.2) is 9.18 Å². The van der Waals surface area contributed by atoms with Crippen LogP contribution in [0.1, 0.15) is 19.2 Å². The van der Waals surface area contributed by atoms with E-state index >= 15 is 0 Å². The number of nitrogens with zero attached hydrogens (tertiary/aromatic N) is 3. The van der Waals surface area contributed by atoms with E-state index in [1.54, 1.807) is 12.1 Å². The van der Waals surface area contributed by atoms with Crippen LogP contribution in [0.5, 0.6) is 0 Å². The van der Waals surface area contributed by atoms with Crippen LogP contribution in [0.2, 0.25) is 0 Å². The predicted molar refractivity (Wildman–Crippen MR) is 104 cm³/mol. The Morgan fingerprint density at radius 1 is 1.25 bits per heavy atom. The first kappa shape index (κ1) is 18.5. The van der Waals surface area contributed by atoms with Gasteiger partial charge in [0.1, 0.15) is 11.9 Å². The van der Waals surface area contributed by atoms with E-state index < -0.39 is 11.9 Å². The molecule has 1 atom stereocenters. The van der Waals surface area contributed by atoms with E-state index in [0.29, 0.717) is 34.6 Å². The highest BCUT2D eigenvalue weighted by Gasteiger charge is 2.31. The SMILES string of the molecule is CCC1CN(c2ccc(SCc3noc(-c4ccccc4)n3)c(F)c2)C(=O)O1. The van der Waals surface area contributed by atoms with Crippen molar-refractivity contribution in [2.24, 2.45) is 0 Å². The Hall–Kier alpha value is -2.87. The van der Waals surface area contributed by atoms with Crippen LogP contribution in [-0.4, -0.2) is 28.9 Å². The molecule has 1 saturated heterocycles. The van der Waals surface area contributed by atoms with E-state index in [9.17, 15) is 9.18 Å². The second-order valence-electron chi connectivity index (χ2n) is 6.31. The van der Waals surface area contributed by atoms with Crippen LogP contribution in [-0.2, 0) is 10.5 Å². The highest BCUT2D eigenvalue weighted by Crippen LogP contribution is 2.30. The summed E-state index contributed by atoms with van der Waals surface area (Å²) < 4.78 is 25.0. The second-order valence-corrected chi connectivity index (χ2v) is 7.33. The molecule has 2 aromatic carbocycles. The van der Waals surface area contributed by atoms with Crippen molar-refractivity contribution >= 4 is 23.5 Å². The van der Waals surface area contributed by atoms with Gasteiger partial charge in [0.15, 0.2) is 5.82 Å². The van der Waals surface area contributed by atoms with Gasteiger partial charge in [0.05, 0.1) is 18.0 Å². The molecule has 0 saturated carbocycles. The number of benzene rings is 2. The number of cyclic esters (lactones) is 1. The summed E-state index contributed by atoms with van der Waals surface area (Å²) in [6, 6.07) is 14.2. The number of hydrogen-bond donors (Lipinski definition) is 0. The van der Waals surface area contributed by atoms with Gasteiger partial charge in [0.25, 0.3) is 5.89 Å². The molecule has 4 rings (SSSR count). The van der Waals surface area contributed by atoms with Crippen LogP contribution >= 0.6 is 11.8 Å². The van der Waals surface area contributed by atoms with Gasteiger partial charge in [-0.3, -0.25) is 4.90 Å². The van der Waals surface area contributed by atoms with Crippen LogP contribution < -0.4 is 4.90 Å². The lowest BCUT2D eigenvalue weighted by molar-refractivity contribution is 0.139. The van der Waals surface area contributed by atoms with Crippen LogP contribution in [0.25, 0.3) is 11.5 Å². The molecule has 28 heavy (non-hydrogen) atoms. The topological polar surface area (TPSA) is 68.5 Å². The van der Waals surface area contributed by atoms with Crippen LogP contribution in [0, 0.1) is 5.82 Å². The Morgan fingerprint density at radius 2 is 2.07 bits per heavy atom. The molecule has 1 aliphatic heterocycles. The lowest BCUT2D eigenvalue weighted by Crippen LogP contribution is -2.24. The first-order chi connectivity index (χ1) is 13.6. The number of carbonyl (C=O) groups excluding carboxylic acids is 1. The number of anilines is 1. The molecule has 6 nitrogen and oxygen atoms in total. The number of rotatable bonds is 6. The van der Waals surface area contributed by atoms with E-state index in [1.807, 2.05) is 37.3 Å². The fraction of sp³-hybridized carbons (Fsp3) is 0.250. The van der Waals surface area contributed by atoms with Crippen molar-refractivity contribution in [3.63, 3.8) is 0 Å². The lowest BCUT2D eigenvalue weighted by Gasteiger charge is -2.14. The molecule has 0 N–H and O–H groups in total. The molecule has 0 bridgehead atoms. The highest BCUT2D eigenvalue weighted by atomic mass is 32.2. The number of halogens is 1. The predicted octanol–water partition coefficient (Wildman–Crippen LogP) is 4.90. The summed E-state index contributed by atoms with van der Waals surface area (Å²) in [5, 5.41) is 3.95. The van der Waals surface area contributed by atoms with Gasteiger partial charge < -0.3 is 9.26 Å². The molecule has 144 valence electrons. The van der Waals surface area contributed by atoms with Gasteiger partial charge in [-0.2, -0.15) is 4.98 Å². The van der Waals surface area contributed by atoms with Gasteiger partial charge in [-0.05, 0) is 36.8 Å². The fourth-order valence-corrected chi connectivity index (χ4v) is 3.64. The van der Waals surface area contributed by atoms with E-state index in [4.69, 9.17) is 9.26 Å². The van der Waals surface area contributed by atoms with E-state index in [2.05, 4.69) is 10.1 Å². The van der Waals surface area contributed by atoms with Crippen LogP contribution in [0.3, 0.4) is 0 Å². The minimum Gasteiger partial charge on any atom is -0.444 e. The smallest absolute Gasteiger partial charge is 0.414 e. The standard InChI is InChI=1S/C20H18FN3O3S/c1-2-15-11-24(20(25)26-15)14-8-9-17(16(21)10-14)28-12-18-22-19(27-23-18)13-6-4-3-5-7-13/h3-10,15H,2,11-12H2,1H3. The van der Waals surface area contributed by atoms with E-state index in [0.717, 1.165) is 12.0 Å². The van der Waals surface area contributed by atoms with Crippen molar-refractivity contribution in [2.75, 3.05) is 11.4 Å². The van der Waals surface area contributed by atoms with Crippen LogP contribution in [0.4, 0.5) is 14.9 Å². The molecule has 0 spiro atoms. The number of hydrogen-bond acceptors (Lipinski definition) is 6. The zero-order valence-electron chi connectivity index (χ0n) is 15.2. The van der Waals surface area contributed by atoms with Crippen molar-refractivity contribution in [1.29, 1.82) is 0 Å². The normalized spacial score (nSPS) is 16.4. The summed E-state index contributed by atoms with van der Waals surface area (Å²) in [5.74, 6) is 0.893. The summed E-state index contributed by atoms with van der Waals surface area (Å²) >= 11 is 1.27. The van der Waals surface area contributed by atoms with Gasteiger partial charge in [0.2, 0.25) is 0 Å². The maximum absolute atomic E-state index is 14.5. The quantitative estimate of drug-likeness (QED) is 0.549. The minimum atomic E-state index is -0.438. The highest BCUT2D eigenvalue weighted by molar-refractivity contribution is 7.98. The molecule has 2 heterocycles. The maximum atomic E-state index is 14.5. The zero-order chi connectivity index (χ0) is 19.5. The maximum Gasteiger partial charge on any atom is 0.414 e.